The first-order valence-corrected chi connectivity index (χ1v) is 8.64. The summed E-state index contributed by atoms with van der Waals surface area (Å²) >= 11 is 0. The van der Waals surface area contributed by atoms with Crippen molar-refractivity contribution in [2.24, 2.45) is 0 Å². The molecule has 0 saturated heterocycles. The van der Waals surface area contributed by atoms with Crippen LogP contribution in [0.3, 0.4) is 0 Å². The van der Waals surface area contributed by atoms with Gasteiger partial charge in [-0.2, -0.15) is 5.26 Å². The van der Waals surface area contributed by atoms with Crippen molar-refractivity contribution in [2.45, 2.75) is 6.54 Å². The van der Waals surface area contributed by atoms with Crippen molar-refractivity contribution < 1.29 is 4.74 Å². The molecule has 0 aliphatic heterocycles. The fraction of sp³-hybridized carbons (Fsp3) is 0.0435. The highest BCUT2D eigenvalue weighted by molar-refractivity contribution is 5.65. The summed E-state index contributed by atoms with van der Waals surface area (Å²) in [5, 5.41) is 9.43. The zero-order chi connectivity index (χ0) is 18.5. The van der Waals surface area contributed by atoms with Gasteiger partial charge in [0.05, 0.1) is 11.9 Å². The molecule has 0 radical (unpaired) electrons. The number of nitrogens with zero attached hydrogens (tertiary/aromatic N) is 3. The molecule has 0 spiro atoms. The highest BCUT2D eigenvalue weighted by Crippen LogP contribution is 2.30. The molecule has 4 nitrogen and oxygen atoms in total. The summed E-state index contributed by atoms with van der Waals surface area (Å²) in [7, 11) is 0. The quantitative estimate of drug-likeness (QED) is 0.493. The Hall–Kier alpha value is -3.84. The third-order valence-corrected chi connectivity index (χ3v) is 4.26. The lowest BCUT2D eigenvalue weighted by Crippen LogP contribution is -1.98. The summed E-state index contributed by atoms with van der Waals surface area (Å²) < 4.78 is 8.05. The van der Waals surface area contributed by atoms with Gasteiger partial charge < -0.3 is 9.30 Å². The van der Waals surface area contributed by atoms with Crippen molar-refractivity contribution in [2.75, 3.05) is 0 Å². The third kappa shape index (κ3) is 3.88. The number of benzene rings is 3. The van der Waals surface area contributed by atoms with E-state index in [4.69, 9.17) is 4.74 Å². The largest absolute Gasteiger partial charge is 0.456 e. The second kappa shape index (κ2) is 7.59. The fourth-order valence-corrected chi connectivity index (χ4v) is 2.93. The summed E-state index contributed by atoms with van der Waals surface area (Å²) in [6.45, 7) is 0.673. The minimum atomic E-state index is 0.509. The standard InChI is InChI=1S/C23H17N3O/c24-15-21-10-9-18(16-26-12-11-25-17-26)13-23(21)27-22-8-4-7-20(14-22)19-5-2-1-3-6-19/h1-14,17H,16H2. The van der Waals surface area contributed by atoms with E-state index in [-0.39, 0.29) is 0 Å². The Morgan fingerprint density at radius 3 is 2.56 bits per heavy atom. The molecule has 0 aliphatic carbocycles. The second-order valence-electron chi connectivity index (χ2n) is 6.17. The van der Waals surface area contributed by atoms with E-state index < -0.39 is 0 Å². The maximum atomic E-state index is 9.43. The number of ether oxygens (including phenoxy) is 1. The SMILES string of the molecule is N#Cc1ccc(Cn2ccnc2)cc1Oc1cccc(-c2ccccc2)c1. The van der Waals surface area contributed by atoms with Crippen LogP contribution in [0, 0.1) is 11.3 Å². The van der Waals surface area contributed by atoms with Gasteiger partial charge in [0.25, 0.3) is 0 Å². The zero-order valence-corrected chi connectivity index (χ0v) is 14.6. The van der Waals surface area contributed by atoms with Crippen LogP contribution in [0.15, 0.2) is 91.5 Å². The first-order chi connectivity index (χ1) is 13.3. The lowest BCUT2D eigenvalue weighted by Gasteiger charge is -2.11. The Bertz CT molecular complexity index is 1080. The molecule has 4 heteroatoms. The molecule has 4 aromatic rings. The predicted molar refractivity (Wildman–Crippen MR) is 104 cm³/mol. The van der Waals surface area contributed by atoms with Gasteiger partial charge in [0, 0.05) is 18.9 Å². The molecular formula is C23H17N3O. The summed E-state index contributed by atoms with van der Waals surface area (Å²) in [5.74, 6) is 1.26. The van der Waals surface area contributed by atoms with Gasteiger partial charge in [-0.1, -0.05) is 48.5 Å². The van der Waals surface area contributed by atoms with E-state index in [9.17, 15) is 5.26 Å². The molecule has 130 valence electrons. The van der Waals surface area contributed by atoms with Gasteiger partial charge >= 0.3 is 0 Å². The molecule has 0 N–H and O–H groups in total. The number of hydrogen-bond donors (Lipinski definition) is 0. The molecule has 0 bridgehead atoms. The van der Waals surface area contributed by atoms with E-state index in [1.54, 1.807) is 18.6 Å². The first-order valence-electron chi connectivity index (χ1n) is 8.64. The molecule has 3 aromatic carbocycles. The van der Waals surface area contributed by atoms with E-state index in [0.717, 1.165) is 16.7 Å². The van der Waals surface area contributed by atoms with Crippen LogP contribution in [0.25, 0.3) is 11.1 Å². The molecule has 0 amide bonds. The van der Waals surface area contributed by atoms with E-state index in [1.807, 2.05) is 65.4 Å². The molecule has 4 rings (SSSR count). The Kier molecular flexibility index (Phi) is 4.67. The highest BCUT2D eigenvalue weighted by atomic mass is 16.5. The van der Waals surface area contributed by atoms with Gasteiger partial charge in [0.15, 0.2) is 0 Å². The number of nitriles is 1. The Morgan fingerprint density at radius 1 is 0.926 bits per heavy atom. The zero-order valence-electron chi connectivity index (χ0n) is 14.6. The molecular weight excluding hydrogens is 334 g/mol. The van der Waals surface area contributed by atoms with Crippen LogP contribution in [-0.2, 0) is 6.54 Å². The van der Waals surface area contributed by atoms with Crippen molar-refractivity contribution >= 4 is 0 Å². The van der Waals surface area contributed by atoms with Crippen molar-refractivity contribution in [3.63, 3.8) is 0 Å². The van der Waals surface area contributed by atoms with Gasteiger partial charge in [-0.25, -0.2) is 4.98 Å². The van der Waals surface area contributed by atoms with Gasteiger partial charge in [-0.3, -0.25) is 0 Å². The number of rotatable bonds is 5. The highest BCUT2D eigenvalue weighted by Gasteiger charge is 2.08. The summed E-state index contributed by atoms with van der Waals surface area (Å²) in [4.78, 5) is 4.06. The van der Waals surface area contributed by atoms with Crippen LogP contribution in [0.2, 0.25) is 0 Å². The van der Waals surface area contributed by atoms with Gasteiger partial charge in [-0.05, 0) is 41.0 Å². The van der Waals surface area contributed by atoms with Crippen LogP contribution in [0.5, 0.6) is 11.5 Å². The molecule has 1 heterocycles. The number of aromatic nitrogens is 2. The monoisotopic (exact) mass is 351 g/mol. The van der Waals surface area contributed by atoms with Gasteiger partial charge in [0.2, 0.25) is 0 Å². The third-order valence-electron chi connectivity index (χ3n) is 4.26. The normalized spacial score (nSPS) is 10.3. The summed E-state index contributed by atoms with van der Waals surface area (Å²) in [6.07, 6.45) is 5.42. The van der Waals surface area contributed by atoms with E-state index in [1.165, 1.54) is 0 Å². The fourth-order valence-electron chi connectivity index (χ4n) is 2.93. The molecule has 0 atom stereocenters. The Morgan fingerprint density at radius 2 is 1.78 bits per heavy atom. The van der Waals surface area contributed by atoms with Crippen LogP contribution in [-0.4, -0.2) is 9.55 Å². The van der Waals surface area contributed by atoms with Crippen molar-refractivity contribution in [1.82, 2.24) is 9.55 Å². The van der Waals surface area contributed by atoms with Gasteiger partial charge in [0.1, 0.15) is 17.6 Å². The van der Waals surface area contributed by atoms with Gasteiger partial charge in [-0.15, -0.1) is 0 Å². The van der Waals surface area contributed by atoms with E-state index in [2.05, 4.69) is 23.2 Å². The first kappa shape index (κ1) is 16.6. The Labute approximate surface area is 157 Å². The molecule has 27 heavy (non-hydrogen) atoms. The summed E-state index contributed by atoms with van der Waals surface area (Å²) in [6, 6.07) is 25.9. The van der Waals surface area contributed by atoms with Crippen molar-refractivity contribution in [3.8, 4) is 28.7 Å². The van der Waals surface area contributed by atoms with Crippen LogP contribution in [0.1, 0.15) is 11.1 Å². The molecule has 0 aliphatic rings. The van der Waals surface area contributed by atoms with Crippen LogP contribution >= 0.6 is 0 Å². The lowest BCUT2D eigenvalue weighted by molar-refractivity contribution is 0.480. The van der Waals surface area contributed by atoms with Crippen LogP contribution < -0.4 is 4.74 Å². The van der Waals surface area contributed by atoms with E-state index >= 15 is 0 Å². The number of hydrogen-bond acceptors (Lipinski definition) is 3. The van der Waals surface area contributed by atoms with Crippen LogP contribution in [0.4, 0.5) is 0 Å². The number of imidazole rings is 1. The minimum Gasteiger partial charge on any atom is -0.456 e. The van der Waals surface area contributed by atoms with E-state index in [0.29, 0.717) is 23.6 Å². The lowest BCUT2D eigenvalue weighted by atomic mass is 10.1. The smallest absolute Gasteiger partial charge is 0.145 e. The Balaban J connectivity index is 1.63. The average molecular weight is 351 g/mol. The molecule has 0 saturated carbocycles. The molecule has 1 aromatic heterocycles. The van der Waals surface area contributed by atoms with Crippen molar-refractivity contribution in [3.05, 3.63) is 103 Å². The van der Waals surface area contributed by atoms with Crippen molar-refractivity contribution in [1.29, 1.82) is 5.26 Å². The summed E-state index contributed by atoms with van der Waals surface area (Å²) in [5.41, 5.74) is 3.74. The second-order valence-corrected chi connectivity index (χ2v) is 6.17. The maximum Gasteiger partial charge on any atom is 0.145 e. The maximum absolute atomic E-state index is 9.43. The minimum absolute atomic E-state index is 0.509. The molecule has 0 unspecified atom stereocenters. The average Bonchev–Trinajstić information content (AvgIpc) is 3.22. The topological polar surface area (TPSA) is 50.8 Å². The molecule has 0 fully saturated rings. The predicted octanol–water partition coefficient (Wildman–Crippen LogP) is 5.26.